The Morgan fingerprint density at radius 3 is 2.62 bits per heavy atom. The van der Waals surface area contributed by atoms with E-state index in [9.17, 15) is 18.0 Å². The molecule has 2 nitrogen and oxygen atoms in total. The fraction of sp³-hybridized carbons (Fsp3) is 0.143. The summed E-state index contributed by atoms with van der Waals surface area (Å²) in [6, 6.07) is 0. The third-order valence-corrected chi connectivity index (χ3v) is 1.74. The Balaban J connectivity index is 3.31. The van der Waals surface area contributed by atoms with Crippen molar-refractivity contribution in [3.63, 3.8) is 0 Å². The van der Waals surface area contributed by atoms with Crippen molar-refractivity contribution in [2.24, 2.45) is 0 Å². The van der Waals surface area contributed by atoms with E-state index in [1.807, 2.05) is 0 Å². The van der Waals surface area contributed by atoms with Gasteiger partial charge in [-0.05, 0) is 0 Å². The van der Waals surface area contributed by atoms with E-state index < -0.39 is 28.5 Å². The Labute approximate surface area is 76.3 Å². The van der Waals surface area contributed by atoms with Crippen LogP contribution in [0.3, 0.4) is 0 Å². The van der Waals surface area contributed by atoms with Gasteiger partial charge in [-0.15, -0.1) is 0 Å². The van der Waals surface area contributed by atoms with Gasteiger partial charge in [-0.1, -0.05) is 11.6 Å². The maximum Gasteiger partial charge on any atom is 0.266 e. The first kappa shape index (κ1) is 9.98. The van der Waals surface area contributed by atoms with E-state index in [0.29, 0.717) is 6.20 Å². The smallest absolute Gasteiger partial charge is 0.266 e. The topological polar surface area (TPSA) is 30.0 Å². The number of rotatable bonds is 2. The van der Waals surface area contributed by atoms with E-state index in [4.69, 9.17) is 11.6 Å². The van der Waals surface area contributed by atoms with E-state index in [1.54, 1.807) is 0 Å². The van der Waals surface area contributed by atoms with Crippen molar-refractivity contribution in [1.29, 1.82) is 0 Å². The second kappa shape index (κ2) is 3.74. The van der Waals surface area contributed by atoms with Crippen LogP contribution in [0.25, 0.3) is 0 Å². The van der Waals surface area contributed by atoms with Crippen LogP contribution in [0.1, 0.15) is 22.5 Å². The molecule has 6 heteroatoms. The van der Waals surface area contributed by atoms with Crippen molar-refractivity contribution in [2.75, 3.05) is 0 Å². The van der Waals surface area contributed by atoms with Crippen LogP contribution in [-0.4, -0.2) is 11.3 Å². The van der Waals surface area contributed by atoms with Crippen molar-refractivity contribution in [3.05, 3.63) is 28.3 Å². The largest absolute Gasteiger partial charge is 0.296 e. The zero-order valence-electron chi connectivity index (χ0n) is 6.10. The Morgan fingerprint density at radius 1 is 1.54 bits per heavy atom. The second-order valence-corrected chi connectivity index (χ2v) is 2.52. The number of carbonyl (C=O) groups is 1. The molecule has 1 rings (SSSR count). The van der Waals surface area contributed by atoms with Gasteiger partial charge in [-0.2, -0.15) is 0 Å². The molecule has 13 heavy (non-hydrogen) atoms. The molecule has 0 atom stereocenters. The summed E-state index contributed by atoms with van der Waals surface area (Å²) in [5, 5.41) is -0.757. The van der Waals surface area contributed by atoms with Gasteiger partial charge in [0, 0.05) is 6.20 Å². The number of alkyl halides is 2. The minimum absolute atomic E-state index is 0.108. The number of nitrogens with zero attached hydrogens (tertiary/aromatic N) is 1. The molecule has 0 spiro atoms. The summed E-state index contributed by atoms with van der Waals surface area (Å²) in [7, 11) is 0. The number of hydrogen-bond acceptors (Lipinski definition) is 2. The molecule has 0 bridgehead atoms. The van der Waals surface area contributed by atoms with Crippen LogP contribution in [0.2, 0.25) is 5.02 Å². The summed E-state index contributed by atoms with van der Waals surface area (Å²) in [4.78, 5) is 13.3. The Hall–Kier alpha value is -1.10. The maximum absolute atomic E-state index is 12.9. The summed E-state index contributed by atoms with van der Waals surface area (Å²) in [5.41, 5.74) is -1.29. The number of carbonyl (C=O) groups excluding carboxylic acids is 1. The van der Waals surface area contributed by atoms with Crippen LogP contribution in [0.15, 0.2) is 6.20 Å². The molecule has 0 fully saturated rings. The van der Waals surface area contributed by atoms with Gasteiger partial charge in [0.1, 0.15) is 5.69 Å². The van der Waals surface area contributed by atoms with Gasteiger partial charge in [0.2, 0.25) is 0 Å². The van der Waals surface area contributed by atoms with E-state index in [2.05, 4.69) is 4.98 Å². The normalized spacial score (nSPS) is 10.5. The Morgan fingerprint density at radius 2 is 2.15 bits per heavy atom. The summed E-state index contributed by atoms with van der Waals surface area (Å²) >= 11 is 5.22. The highest BCUT2D eigenvalue weighted by molar-refractivity contribution is 6.31. The average Bonchev–Trinajstić information content (AvgIpc) is 2.09. The van der Waals surface area contributed by atoms with Gasteiger partial charge in [0.15, 0.2) is 12.1 Å². The standard InChI is InChI=1S/C7H3ClF3NO/c8-5-3(7(10)11)1-12-4(2-13)6(5)9/h1-2,7H. The Bertz CT molecular complexity index is 343. The van der Waals surface area contributed by atoms with E-state index in [1.165, 1.54) is 0 Å². The van der Waals surface area contributed by atoms with Crippen LogP contribution in [0.5, 0.6) is 0 Å². The lowest BCUT2D eigenvalue weighted by Gasteiger charge is -2.03. The van der Waals surface area contributed by atoms with Crippen molar-refractivity contribution < 1.29 is 18.0 Å². The first-order valence-corrected chi connectivity index (χ1v) is 3.53. The number of pyridine rings is 1. The number of aldehydes is 1. The minimum atomic E-state index is -2.91. The first-order chi connectivity index (χ1) is 6.07. The zero-order valence-corrected chi connectivity index (χ0v) is 6.86. The lowest BCUT2D eigenvalue weighted by atomic mass is 10.2. The van der Waals surface area contributed by atoms with Crippen molar-refractivity contribution >= 4 is 17.9 Å². The summed E-state index contributed by atoms with van der Waals surface area (Å²) in [6.45, 7) is 0. The quantitative estimate of drug-likeness (QED) is 0.701. The van der Waals surface area contributed by atoms with Crippen LogP contribution in [0, 0.1) is 5.82 Å². The van der Waals surface area contributed by atoms with Gasteiger partial charge < -0.3 is 0 Å². The van der Waals surface area contributed by atoms with Crippen LogP contribution in [-0.2, 0) is 0 Å². The molecule has 0 unspecified atom stereocenters. The zero-order chi connectivity index (χ0) is 10.0. The summed E-state index contributed by atoms with van der Waals surface area (Å²) in [6.07, 6.45) is -2.12. The third kappa shape index (κ3) is 1.80. The maximum atomic E-state index is 12.9. The van der Waals surface area contributed by atoms with Gasteiger partial charge in [0.05, 0.1) is 10.6 Å². The third-order valence-electron chi connectivity index (χ3n) is 1.36. The molecule has 1 aromatic heterocycles. The van der Waals surface area contributed by atoms with Crippen LogP contribution >= 0.6 is 11.6 Å². The molecule has 0 aliphatic rings. The van der Waals surface area contributed by atoms with Gasteiger partial charge in [-0.3, -0.25) is 4.79 Å². The highest BCUT2D eigenvalue weighted by Gasteiger charge is 2.18. The highest BCUT2D eigenvalue weighted by atomic mass is 35.5. The number of hydrogen-bond donors (Lipinski definition) is 0. The molecule has 0 saturated heterocycles. The predicted molar refractivity (Wildman–Crippen MR) is 39.5 cm³/mol. The molecule has 0 radical (unpaired) electrons. The fourth-order valence-corrected chi connectivity index (χ4v) is 0.954. The number of aromatic nitrogens is 1. The van der Waals surface area contributed by atoms with Crippen molar-refractivity contribution in [1.82, 2.24) is 4.98 Å². The van der Waals surface area contributed by atoms with E-state index in [0.717, 1.165) is 0 Å². The molecular weight excluding hydrogens is 207 g/mol. The first-order valence-electron chi connectivity index (χ1n) is 3.15. The van der Waals surface area contributed by atoms with E-state index >= 15 is 0 Å². The van der Waals surface area contributed by atoms with E-state index in [-0.39, 0.29) is 6.29 Å². The SMILES string of the molecule is O=Cc1ncc(C(F)F)c(Cl)c1F. The Kier molecular flexibility index (Phi) is 2.87. The fourth-order valence-electron chi connectivity index (χ4n) is 0.726. The molecule has 0 aliphatic heterocycles. The molecule has 1 aromatic rings. The lowest BCUT2D eigenvalue weighted by molar-refractivity contribution is 0.111. The van der Waals surface area contributed by atoms with Gasteiger partial charge in [0.25, 0.3) is 6.43 Å². The molecule has 0 amide bonds. The minimum Gasteiger partial charge on any atom is -0.296 e. The number of halogens is 4. The summed E-state index contributed by atoms with van der Waals surface area (Å²) in [5.74, 6) is -1.21. The van der Waals surface area contributed by atoms with Crippen molar-refractivity contribution in [3.8, 4) is 0 Å². The average molecular weight is 210 g/mol. The molecule has 0 N–H and O–H groups in total. The molecule has 1 heterocycles. The van der Waals surface area contributed by atoms with Crippen LogP contribution < -0.4 is 0 Å². The van der Waals surface area contributed by atoms with Crippen LogP contribution in [0.4, 0.5) is 13.2 Å². The molecular formula is C7H3ClF3NO. The summed E-state index contributed by atoms with van der Waals surface area (Å²) < 4.78 is 37.0. The van der Waals surface area contributed by atoms with Crippen molar-refractivity contribution in [2.45, 2.75) is 6.43 Å². The lowest BCUT2D eigenvalue weighted by Crippen LogP contribution is -1.98. The monoisotopic (exact) mass is 209 g/mol. The van der Waals surface area contributed by atoms with Gasteiger partial charge >= 0.3 is 0 Å². The van der Waals surface area contributed by atoms with Gasteiger partial charge in [-0.25, -0.2) is 18.2 Å². The molecule has 0 aromatic carbocycles. The second-order valence-electron chi connectivity index (χ2n) is 2.15. The molecule has 70 valence electrons. The molecule has 0 aliphatic carbocycles. The predicted octanol–water partition coefficient (Wildman–Crippen LogP) is 2.62. The highest BCUT2D eigenvalue weighted by Crippen LogP contribution is 2.28. The molecule has 0 saturated carbocycles.